The van der Waals surface area contributed by atoms with Crippen LogP contribution in [-0.2, 0) is 11.3 Å². The molecule has 4 heteroatoms. The molecule has 1 fully saturated rings. The van der Waals surface area contributed by atoms with Crippen molar-refractivity contribution in [2.45, 2.75) is 63.6 Å². The van der Waals surface area contributed by atoms with Gasteiger partial charge in [-0.15, -0.1) is 0 Å². The number of hydrogen-bond donors (Lipinski definition) is 2. The Kier molecular flexibility index (Phi) is 6.60. The summed E-state index contributed by atoms with van der Waals surface area (Å²) in [5, 5.41) is 3.05. The van der Waals surface area contributed by atoms with Crippen LogP contribution < -0.4 is 11.1 Å². The Hall–Kier alpha value is -1.39. The van der Waals surface area contributed by atoms with E-state index in [-0.39, 0.29) is 5.91 Å². The predicted octanol–water partition coefficient (Wildman–Crippen LogP) is 2.67. The molecule has 1 aliphatic carbocycles. The number of hydrogen-bond acceptors (Lipinski definition) is 3. The molecule has 2 rings (SSSR count). The third-order valence-electron chi connectivity index (χ3n) is 5.07. The maximum absolute atomic E-state index is 12.3. The van der Waals surface area contributed by atoms with Gasteiger partial charge in [-0.2, -0.15) is 0 Å². The lowest BCUT2D eigenvalue weighted by molar-refractivity contribution is -0.127. The molecule has 1 amide bonds. The van der Waals surface area contributed by atoms with Crippen molar-refractivity contribution in [3.8, 4) is 0 Å². The second-order valence-electron chi connectivity index (χ2n) is 7.01. The normalized spacial score (nSPS) is 18.6. The van der Waals surface area contributed by atoms with Gasteiger partial charge in [0, 0.05) is 19.1 Å². The summed E-state index contributed by atoms with van der Waals surface area (Å²) in [5.74, 6) is 0.0371. The highest BCUT2D eigenvalue weighted by Gasteiger charge is 2.34. The largest absolute Gasteiger partial charge is 0.354 e. The fourth-order valence-electron chi connectivity index (χ4n) is 3.23. The summed E-state index contributed by atoms with van der Waals surface area (Å²) in [6, 6.07) is 10.9. The van der Waals surface area contributed by atoms with Crippen molar-refractivity contribution in [2.24, 2.45) is 5.73 Å². The molecule has 1 atom stereocenters. The van der Waals surface area contributed by atoms with Gasteiger partial charge in [-0.25, -0.2) is 0 Å². The van der Waals surface area contributed by atoms with Crippen LogP contribution in [0.3, 0.4) is 0 Å². The van der Waals surface area contributed by atoms with Gasteiger partial charge < -0.3 is 11.1 Å². The SMILES string of the molecule is CC(CCNC(=O)C1(N)CCCCC1)N(C)Cc1ccccc1. The van der Waals surface area contributed by atoms with Gasteiger partial charge in [0.05, 0.1) is 5.54 Å². The number of amides is 1. The van der Waals surface area contributed by atoms with Gasteiger partial charge in [-0.05, 0) is 38.8 Å². The highest BCUT2D eigenvalue weighted by molar-refractivity contribution is 5.86. The molecule has 0 saturated heterocycles. The van der Waals surface area contributed by atoms with Crippen molar-refractivity contribution in [1.82, 2.24) is 10.2 Å². The second kappa shape index (κ2) is 8.46. The lowest BCUT2D eigenvalue weighted by atomic mass is 9.82. The van der Waals surface area contributed by atoms with Crippen molar-refractivity contribution >= 4 is 5.91 Å². The van der Waals surface area contributed by atoms with E-state index in [0.717, 1.165) is 38.6 Å². The van der Waals surface area contributed by atoms with E-state index in [1.165, 1.54) is 12.0 Å². The average molecular weight is 317 g/mol. The highest BCUT2D eigenvalue weighted by Crippen LogP contribution is 2.25. The molecule has 0 bridgehead atoms. The Morgan fingerprint density at radius 2 is 1.91 bits per heavy atom. The highest BCUT2D eigenvalue weighted by atomic mass is 16.2. The van der Waals surface area contributed by atoms with Crippen LogP contribution in [0.25, 0.3) is 0 Å². The number of nitrogens with one attached hydrogen (secondary N) is 1. The quantitative estimate of drug-likeness (QED) is 0.813. The summed E-state index contributed by atoms with van der Waals surface area (Å²) < 4.78 is 0. The molecule has 0 aliphatic heterocycles. The number of rotatable bonds is 7. The molecule has 0 aromatic heterocycles. The minimum atomic E-state index is -0.628. The molecule has 4 nitrogen and oxygen atoms in total. The third kappa shape index (κ3) is 5.33. The second-order valence-corrected chi connectivity index (χ2v) is 7.01. The molecule has 23 heavy (non-hydrogen) atoms. The smallest absolute Gasteiger partial charge is 0.240 e. The Morgan fingerprint density at radius 1 is 1.26 bits per heavy atom. The van der Waals surface area contributed by atoms with Crippen LogP contribution in [0.5, 0.6) is 0 Å². The molecular formula is C19H31N3O. The molecule has 1 aromatic carbocycles. The van der Waals surface area contributed by atoms with E-state index in [1.54, 1.807) is 0 Å². The third-order valence-corrected chi connectivity index (χ3v) is 5.07. The van der Waals surface area contributed by atoms with Gasteiger partial charge in [-0.3, -0.25) is 9.69 Å². The maximum Gasteiger partial charge on any atom is 0.240 e. The van der Waals surface area contributed by atoms with E-state index in [4.69, 9.17) is 5.73 Å². The standard InChI is InChI=1S/C19H31N3O/c1-16(22(2)15-17-9-5-3-6-10-17)11-14-21-18(23)19(20)12-7-4-8-13-19/h3,5-6,9-10,16H,4,7-8,11-15,20H2,1-2H3,(H,21,23). The summed E-state index contributed by atoms with van der Waals surface area (Å²) in [5.41, 5.74) is 6.95. The molecule has 0 radical (unpaired) electrons. The average Bonchev–Trinajstić information content (AvgIpc) is 2.56. The first-order valence-corrected chi connectivity index (χ1v) is 8.82. The molecule has 0 spiro atoms. The Labute approximate surface area is 140 Å². The zero-order chi connectivity index (χ0) is 16.7. The summed E-state index contributed by atoms with van der Waals surface area (Å²) in [6.07, 6.45) is 5.92. The van der Waals surface area contributed by atoms with Crippen LogP contribution in [0.2, 0.25) is 0 Å². The number of nitrogens with two attached hydrogens (primary N) is 1. The minimum absolute atomic E-state index is 0.0371. The van der Waals surface area contributed by atoms with Crippen molar-refractivity contribution in [3.63, 3.8) is 0 Å². The van der Waals surface area contributed by atoms with E-state index >= 15 is 0 Å². The fourth-order valence-corrected chi connectivity index (χ4v) is 3.23. The Balaban J connectivity index is 1.71. The van der Waals surface area contributed by atoms with Crippen molar-refractivity contribution in [1.29, 1.82) is 0 Å². The number of carbonyl (C=O) groups is 1. The molecule has 1 saturated carbocycles. The van der Waals surface area contributed by atoms with Crippen LogP contribution in [0.1, 0.15) is 51.0 Å². The van der Waals surface area contributed by atoms with Crippen LogP contribution in [0.15, 0.2) is 30.3 Å². The first kappa shape index (κ1) is 18.0. The topological polar surface area (TPSA) is 58.4 Å². The van der Waals surface area contributed by atoms with Gasteiger partial charge in [0.2, 0.25) is 5.91 Å². The first-order chi connectivity index (χ1) is 11.0. The molecule has 1 aromatic rings. The summed E-state index contributed by atoms with van der Waals surface area (Å²) in [4.78, 5) is 14.6. The number of carbonyl (C=O) groups excluding carboxylic acids is 1. The van der Waals surface area contributed by atoms with Crippen LogP contribution in [0.4, 0.5) is 0 Å². The summed E-state index contributed by atoms with van der Waals surface area (Å²) in [6.45, 7) is 3.82. The van der Waals surface area contributed by atoms with Crippen LogP contribution in [0, 0.1) is 0 Å². The van der Waals surface area contributed by atoms with E-state index < -0.39 is 5.54 Å². The lowest BCUT2D eigenvalue weighted by Gasteiger charge is -2.32. The van der Waals surface area contributed by atoms with Crippen LogP contribution >= 0.6 is 0 Å². The zero-order valence-electron chi connectivity index (χ0n) is 14.6. The van der Waals surface area contributed by atoms with E-state index in [9.17, 15) is 4.79 Å². The molecule has 1 aliphatic rings. The van der Waals surface area contributed by atoms with Crippen molar-refractivity contribution in [2.75, 3.05) is 13.6 Å². The predicted molar refractivity (Wildman–Crippen MR) is 95.0 cm³/mol. The Bertz CT molecular complexity index is 483. The molecule has 1 unspecified atom stereocenters. The molecule has 128 valence electrons. The Morgan fingerprint density at radius 3 is 2.57 bits per heavy atom. The van der Waals surface area contributed by atoms with E-state index in [1.807, 2.05) is 6.07 Å². The van der Waals surface area contributed by atoms with Gasteiger partial charge in [0.15, 0.2) is 0 Å². The van der Waals surface area contributed by atoms with E-state index in [0.29, 0.717) is 12.6 Å². The fraction of sp³-hybridized carbons (Fsp3) is 0.632. The number of nitrogens with zero attached hydrogens (tertiary/aromatic N) is 1. The lowest BCUT2D eigenvalue weighted by Crippen LogP contribution is -2.55. The maximum atomic E-state index is 12.3. The van der Waals surface area contributed by atoms with Crippen LogP contribution in [-0.4, -0.2) is 36.0 Å². The van der Waals surface area contributed by atoms with Crippen molar-refractivity contribution in [3.05, 3.63) is 35.9 Å². The van der Waals surface area contributed by atoms with E-state index in [2.05, 4.69) is 48.5 Å². The molecule has 3 N–H and O–H groups in total. The van der Waals surface area contributed by atoms with Gasteiger partial charge in [-0.1, -0.05) is 49.6 Å². The van der Waals surface area contributed by atoms with Gasteiger partial charge in [0.25, 0.3) is 0 Å². The molecule has 0 heterocycles. The summed E-state index contributed by atoms with van der Waals surface area (Å²) >= 11 is 0. The zero-order valence-corrected chi connectivity index (χ0v) is 14.6. The monoisotopic (exact) mass is 317 g/mol. The van der Waals surface area contributed by atoms with Crippen molar-refractivity contribution < 1.29 is 4.79 Å². The molecular weight excluding hydrogens is 286 g/mol. The summed E-state index contributed by atoms with van der Waals surface area (Å²) in [7, 11) is 2.13. The van der Waals surface area contributed by atoms with Gasteiger partial charge >= 0.3 is 0 Å². The first-order valence-electron chi connectivity index (χ1n) is 8.82. The number of benzene rings is 1. The van der Waals surface area contributed by atoms with Gasteiger partial charge in [0.1, 0.15) is 0 Å². The minimum Gasteiger partial charge on any atom is -0.354 e.